The van der Waals surface area contributed by atoms with Gasteiger partial charge in [-0.3, -0.25) is 4.79 Å². The van der Waals surface area contributed by atoms with Crippen molar-refractivity contribution >= 4 is 5.91 Å². The van der Waals surface area contributed by atoms with E-state index in [1.165, 1.54) is 0 Å². The van der Waals surface area contributed by atoms with Gasteiger partial charge in [-0.15, -0.1) is 0 Å². The highest BCUT2D eigenvalue weighted by Crippen LogP contribution is 2.00. The molecule has 1 aromatic heterocycles. The van der Waals surface area contributed by atoms with E-state index >= 15 is 0 Å². The van der Waals surface area contributed by atoms with Gasteiger partial charge in [-0.2, -0.15) is 0 Å². The highest BCUT2D eigenvalue weighted by molar-refractivity contribution is 5.76. The van der Waals surface area contributed by atoms with Crippen molar-refractivity contribution in [2.45, 2.75) is 19.9 Å². The Morgan fingerprint density at radius 2 is 2.57 bits per heavy atom. The Balaban J connectivity index is 2.22. The van der Waals surface area contributed by atoms with Gasteiger partial charge in [-0.1, -0.05) is 12.1 Å². The summed E-state index contributed by atoms with van der Waals surface area (Å²) in [5.74, 6) is 0.850. The molecule has 0 aromatic carbocycles. The molecular weight excluding hydrogens is 182 g/mol. The molecule has 0 bridgehead atoms. The number of nitrogens with one attached hydrogen (secondary N) is 1. The van der Waals surface area contributed by atoms with Crippen molar-refractivity contribution in [2.75, 3.05) is 6.54 Å². The molecule has 3 N–H and O–H groups in total. The Labute approximate surface area is 82.6 Å². The van der Waals surface area contributed by atoms with Crippen molar-refractivity contribution in [3.05, 3.63) is 18.0 Å². The quantitative estimate of drug-likeness (QED) is 0.710. The second kappa shape index (κ2) is 5.39. The second-order valence-electron chi connectivity index (χ2n) is 3.30. The van der Waals surface area contributed by atoms with Gasteiger partial charge >= 0.3 is 0 Å². The van der Waals surface area contributed by atoms with Crippen LogP contribution in [0.15, 0.2) is 16.8 Å². The van der Waals surface area contributed by atoms with Gasteiger partial charge < -0.3 is 15.6 Å². The van der Waals surface area contributed by atoms with Crippen molar-refractivity contribution in [2.24, 2.45) is 11.7 Å². The first-order valence-electron chi connectivity index (χ1n) is 4.58. The molecule has 0 spiro atoms. The molecule has 0 saturated heterocycles. The smallest absolute Gasteiger partial charge is 0.220 e. The third-order valence-corrected chi connectivity index (χ3v) is 1.89. The molecule has 0 aliphatic carbocycles. The molecule has 0 aliphatic heterocycles. The molecule has 5 nitrogen and oxygen atoms in total. The average Bonchev–Trinajstić information content (AvgIpc) is 2.67. The van der Waals surface area contributed by atoms with E-state index in [2.05, 4.69) is 10.5 Å². The summed E-state index contributed by atoms with van der Waals surface area (Å²) >= 11 is 0. The fraction of sp³-hybridized carbons (Fsp3) is 0.556. The lowest BCUT2D eigenvalue weighted by atomic mass is 10.1. The maximum atomic E-state index is 11.3. The molecule has 0 aliphatic rings. The number of carbonyl (C=O) groups is 1. The standard InChI is InChI=1S/C9H15N3O2/c1-7(5-10)4-9(13)11-6-8-2-3-12-14-8/h2-3,7H,4-6,10H2,1H3,(H,11,13). The number of carbonyl (C=O) groups excluding carboxylic acids is 1. The van der Waals surface area contributed by atoms with Gasteiger partial charge in [-0.05, 0) is 12.5 Å². The first-order chi connectivity index (χ1) is 6.72. The molecule has 0 saturated carbocycles. The fourth-order valence-electron chi connectivity index (χ4n) is 0.991. The van der Waals surface area contributed by atoms with Gasteiger partial charge in [0.15, 0.2) is 5.76 Å². The summed E-state index contributed by atoms with van der Waals surface area (Å²) in [4.78, 5) is 11.3. The van der Waals surface area contributed by atoms with Crippen molar-refractivity contribution in [1.82, 2.24) is 10.5 Å². The van der Waals surface area contributed by atoms with E-state index in [4.69, 9.17) is 10.3 Å². The van der Waals surface area contributed by atoms with Crippen LogP contribution in [0, 0.1) is 5.92 Å². The molecule has 1 aromatic rings. The molecule has 1 unspecified atom stereocenters. The summed E-state index contributed by atoms with van der Waals surface area (Å²) < 4.78 is 4.83. The Kier molecular flexibility index (Phi) is 4.12. The lowest BCUT2D eigenvalue weighted by Gasteiger charge is -2.07. The number of aromatic nitrogens is 1. The first-order valence-corrected chi connectivity index (χ1v) is 4.58. The molecule has 1 atom stereocenters. The van der Waals surface area contributed by atoms with E-state index in [0.29, 0.717) is 25.3 Å². The van der Waals surface area contributed by atoms with Gasteiger partial charge in [0.2, 0.25) is 5.91 Å². The zero-order valence-corrected chi connectivity index (χ0v) is 8.19. The number of rotatable bonds is 5. The van der Waals surface area contributed by atoms with Crippen LogP contribution in [0.3, 0.4) is 0 Å². The van der Waals surface area contributed by atoms with Crippen molar-refractivity contribution in [3.63, 3.8) is 0 Å². The highest BCUT2D eigenvalue weighted by Gasteiger charge is 2.07. The normalized spacial score (nSPS) is 12.4. The van der Waals surface area contributed by atoms with E-state index in [0.717, 1.165) is 0 Å². The average molecular weight is 197 g/mol. The van der Waals surface area contributed by atoms with Crippen LogP contribution in [-0.4, -0.2) is 17.6 Å². The van der Waals surface area contributed by atoms with Crippen LogP contribution in [0.5, 0.6) is 0 Å². The lowest BCUT2D eigenvalue weighted by molar-refractivity contribution is -0.122. The Hall–Kier alpha value is -1.36. The molecule has 78 valence electrons. The van der Waals surface area contributed by atoms with E-state index in [1.54, 1.807) is 12.3 Å². The van der Waals surface area contributed by atoms with E-state index in [9.17, 15) is 4.79 Å². The summed E-state index contributed by atoms with van der Waals surface area (Å²) in [6.45, 7) is 2.85. The summed E-state index contributed by atoms with van der Waals surface area (Å²) in [6.07, 6.45) is 1.99. The van der Waals surface area contributed by atoms with Crippen molar-refractivity contribution in [3.8, 4) is 0 Å². The third-order valence-electron chi connectivity index (χ3n) is 1.89. The molecule has 1 amide bonds. The minimum atomic E-state index is -0.0145. The minimum Gasteiger partial charge on any atom is -0.360 e. The SMILES string of the molecule is CC(CN)CC(=O)NCc1ccno1. The van der Waals surface area contributed by atoms with Crippen LogP contribution in [-0.2, 0) is 11.3 Å². The summed E-state index contributed by atoms with van der Waals surface area (Å²) in [7, 11) is 0. The van der Waals surface area contributed by atoms with Crippen LogP contribution in [0.25, 0.3) is 0 Å². The molecule has 5 heteroatoms. The monoisotopic (exact) mass is 197 g/mol. The van der Waals surface area contributed by atoms with Gasteiger partial charge in [0.1, 0.15) is 0 Å². The summed E-state index contributed by atoms with van der Waals surface area (Å²) in [6, 6.07) is 1.71. The van der Waals surface area contributed by atoms with E-state index in [-0.39, 0.29) is 11.8 Å². The van der Waals surface area contributed by atoms with E-state index < -0.39 is 0 Å². The van der Waals surface area contributed by atoms with Gasteiger partial charge in [-0.25, -0.2) is 0 Å². The van der Waals surface area contributed by atoms with E-state index in [1.807, 2.05) is 6.92 Å². The number of nitrogens with zero attached hydrogens (tertiary/aromatic N) is 1. The Bertz CT molecular complexity index is 272. The van der Waals surface area contributed by atoms with Gasteiger partial charge in [0, 0.05) is 12.5 Å². The Morgan fingerprint density at radius 1 is 1.79 bits per heavy atom. The van der Waals surface area contributed by atoms with Crippen LogP contribution in [0.4, 0.5) is 0 Å². The molecule has 1 rings (SSSR count). The molecule has 14 heavy (non-hydrogen) atoms. The number of hydrogen-bond acceptors (Lipinski definition) is 4. The predicted octanol–water partition coefficient (Wildman–Crippen LogP) is 0.276. The van der Waals surface area contributed by atoms with Crippen molar-refractivity contribution in [1.29, 1.82) is 0 Å². The molecule has 1 heterocycles. The predicted molar refractivity (Wildman–Crippen MR) is 51.2 cm³/mol. The van der Waals surface area contributed by atoms with Crippen LogP contribution in [0.1, 0.15) is 19.1 Å². The number of hydrogen-bond donors (Lipinski definition) is 2. The van der Waals surface area contributed by atoms with Crippen molar-refractivity contribution < 1.29 is 9.32 Å². The van der Waals surface area contributed by atoms with Crippen LogP contribution < -0.4 is 11.1 Å². The zero-order valence-electron chi connectivity index (χ0n) is 8.19. The van der Waals surface area contributed by atoms with Crippen LogP contribution in [0.2, 0.25) is 0 Å². The van der Waals surface area contributed by atoms with Crippen LogP contribution >= 0.6 is 0 Å². The second-order valence-corrected chi connectivity index (χ2v) is 3.30. The zero-order chi connectivity index (χ0) is 10.4. The maximum Gasteiger partial charge on any atom is 0.220 e. The summed E-state index contributed by atoms with van der Waals surface area (Å²) in [5.41, 5.74) is 5.40. The van der Waals surface area contributed by atoms with Gasteiger partial charge in [0.05, 0.1) is 12.7 Å². The van der Waals surface area contributed by atoms with Gasteiger partial charge in [0.25, 0.3) is 0 Å². The Morgan fingerprint density at radius 3 is 3.14 bits per heavy atom. The number of nitrogens with two attached hydrogens (primary N) is 1. The lowest BCUT2D eigenvalue weighted by Crippen LogP contribution is -2.26. The topological polar surface area (TPSA) is 81.2 Å². The molecular formula is C9H15N3O2. The minimum absolute atomic E-state index is 0.0145. The molecule has 0 fully saturated rings. The summed E-state index contributed by atoms with van der Waals surface area (Å²) in [5, 5.41) is 6.25. The maximum absolute atomic E-state index is 11.3. The third kappa shape index (κ3) is 3.57. The number of amides is 1. The molecule has 0 radical (unpaired) electrons. The fourth-order valence-corrected chi connectivity index (χ4v) is 0.991. The largest absolute Gasteiger partial charge is 0.360 e. The highest BCUT2D eigenvalue weighted by atomic mass is 16.5. The first kappa shape index (κ1) is 10.7.